The van der Waals surface area contributed by atoms with E-state index in [9.17, 15) is 0 Å². The maximum atomic E-state index is 5.85. The zero-order valence-electron chi connectivity index (χ0n) is 12.0. The predicted octanol–water partition coefficient (Wildman–Crippen LogP) is 0.669. The maximum Gasteiger partial charge on any atom is 0.232 e. The summed E-state index contributed by atoms with van der Waals surface area (Å²) in [6.45, 7) is 3.77. The Hall–Kier alpha value is -1.63. The van der Waals surface area contributed by atoms with Crippen molar-refractivity contribution in [3.8, 4) is 0 Å². The average Bonchev–Trinajstić information content (AvgIpc) is 3.01. The molecule has 7 nitrogen and oxygen atoms in total. The summed E-state index contributed by atoms with van der Waals surface area (Å²) in [4.78, 5) is 17.5. The van der Waals surface area contributed by atoms with E-state index in [2.05, 4.69) is 24.8 Å². The first kappa shape index (κ1) is 13.4. The van der Waals surface area contributed by atoms with Gasteiger partial charge in [0, 0.05) is 33.3 Å². The van der Waals surface area contributed by atoms with E-state index in [0.29, 0.717) is 17.8 Å². The van der Waals surface area contributed by atoms with Crippen molar-refractivity contribution in [2.75, 3.05) is 48.8 Å². The number of nitrogen functional groups attached to an aromatic ring is 1. The molecule has 2 aliphatic heterocycles. The number of ether oxygens (including phenoxy) is 1. The first-order valence-corrected chi connectivity index (χ1v) is 7.30. The number of anilines is 3. The average molecular weight is 278 g/mol. The quantitative estimate of drug-likeness (QED) is 0.870. The van der Waals surface area contributed by atoms with Crippen molar-refractivity contribution in [3.63, 3.8) is 0 Å². The molecular formula is C13H22N6O. The van der Waals surface area contributed by atoms with E-state index in [4.69, 9.17) is 10.5 Å². The topological polar surface area (TPSA) is 80.4 Å². The molecule has 2 aliphatic rings. The van der Waals surface area contributed by atoms with Crippen LogP contribution in [0.2, 0.25) is 0 Å². The highest BCUT2D eigenvalue weighted by Crippen LogP contribution is 2.22. The molecule has 1 aromatic heterocycles. The van der Waals surface area contributed by atoms with E-state index in [1.54, 1.807) is 7.11 Å². The van der Waals surface area contributed by atoms with Crippen LogP contribution in [0.1, 0.15) is 25.7 Å². The van der Waals surface area contributed by atoms with Gasteiger partial charge in [-0.25, -0.2) is 0 Å². The zero-order valence-corrected chi connectivity index (χ0v) is 12.0. The molecule has 2 fully saturated rings. The fourth-order valence-corrected chi connectivity index (χ4v) is 2.88. The molecule has 0 radical (unpaired) electrons. The van der Waals surface area contributed by atoms with Crippen LogP contribution in [0.25, 0.3) is 0 Å². The van der Waals surface area contributed by atoms with Gasteiger partial charge in [0.2, 0.25) is 17.8 Å². The van der Waals surface area contributed by atoms with E-state index in [0.717, 1.165) is 39.0 Å². The van der Waals surface area contributed by atoms with Gasteiger partial charge in [0.25, 0.3) is 0 Å². The van der Waals surface area contributed by atoms with Crippen molar-refractivity contribution in [1.29, 1.82) is 0 Å². The normalized spacial score (nSPS) is 23.4. The monoisotopic (exact) mass is 278 g/mol. The van der Waals surface area contributed by atoms with Gasteiger partial charge in [0.1, 0.15) is 0 Å². The second kappa shape index (κ2) is 5.78. The standard InChI is InChI=1S/C13H22N6O/c1-20-10-5-4-8-19(9-10)13-16-11(14)15-12(17-13)18-6-2-3-7-18/h10H,2-9H2,1H3,(H2,14,15,16,17). The van der Waals surface area contributed by atoms with Gasteiger partial charge in [-0.05, 0) is 25.7 Å². The van der Waals surface area contributed by atoms with Crippen LogP contribution in [0.15, 0.2) is 0 Å². The van der Waals surface area contributed by atoms with Gasteiger partial charge in [-0.15, -0.1) is 0 Å². The predicted molar refractivity (Wildman–Crippen MR) is 77.9 cm³/mol. The number of hydrogen-bond donors (Lipinski definition) is 1. The highest BCUT2D eigenvalue weighted by Gasteiger charge is 2.24. The fourth-order valence-electron chi connectivity index (χ4n) is 2.88. The molecule has 2 saturated heterocycles. The summed E-state index contributed by atoms with van der Waals surface area (Å²) in [5.41, 5.74) is 5.85. The summed E-state index contributed by atoms with van der Waals surface area (Å²) in [6, 6.07) is 0. The van der Waals surface area contributed by atoms with Crippen molar-refractivity contribution in [1.82, 2.24) is 15.0 Å². The van der Waals surface area contributed by atoms with Crippen LogP contribution in [0.4, 0.5) is 17.8 Å². The lowest BCUT2D eigenvalue weighted by molar-refractivity contribution is 0.0889. The molecule has 110 valence electrons. The molecule has 3 heterocycles. The minimum absolute atomic E-state index is 0.247. The molecule has 3 rings (SSSR count). The molecule has 0 spiro atoms. The van der Waals surface area contributed by atoms with Gasteiger partial charge in [0.05, 0.1) is 6.10 Å². The third kappa shape index (κ3) is 2.77. The Bertz CT molecular complexity index is 462. The highest BCUT2D eigenvalue weighted by atomic mass is 16.5. The van der Waals surface area contributed by atoms with Gasteiger partial charge in [-0.1, -0.05) is 0 Å². The van der Waals surface area contributed by atoms with Crippen LogP contribution in [-0.4, -0.2) is 54.3 Å². The van der Waals surface area contributed by atoms with Crippen molar-refractivity contribution < 1.29 is 4.74 Å². The first-order chi connectivity index (χ1) is 9.76. The van der Waals surface area contributed by atoms with Gasteiger partial charge in [-0.2, -0.15) is 15.0 Å². The molecule has 0 saturated carbocycles. The van der Waals surface area contributed by atoms with Crippen LogP contribution in [0.3, 0.4) is 0 Å². The molecule has 7 heteroatoms. The summed E-state index contributed by atoms with van der Waals surface area (Å²) < 4.78 is 5.45. The van der Waals surface area contributed by atoms with Crippen LogP contribution < -0.4 is 15.5 Å². The van der Waals surface area contributed by atoms with Crippen LogP contribution in [0, 0.1) is 0 Å². The number of rotatable bonds is 3. The Labute approximate surface area is 119 Å². The lowest BCUT2D eigenvalue weighted by Crippen LogP contribution is -2.40. The second-order valence-electron chi connectivity index (χ2n) is 5.43. The number of piperidine rings is 1. The number of nitrogens with zero attached hydrogens (tertiary/aromatic N) is 5. The summed E-state index contributed by atoms with van der Waals surface area (Å²) in [5.74, 6) is 1.70. The molecule has 2 N–H and O–H groups in total. The van der Waals surface area contributed by atoms with Gasteiger partial charge >= 0.3 is 0 Å². The number of nitrogens with two attached hydrogens (primary N) is 1. The molecule has 0 bridgehead atoms. The minimum atomic E-state index is 0.247. The highest BCUT2D eigenvalue weighted by molar-refractivity contribution is 5.44. The van der Waals surface area contributed by atoms with Gasteiger partial charge in [-0.3, -0.25) is 0 Å². The fraction of sp³-hybridized carbons (Fsp3) is 0.769. The van der Waals surface area contributed by atoms with E-state index >= 15 is 0 Å². The van der Waals surface area contributed by atoms with Crippen molar-refractivity contribution in [2.24, 2.45) is 0 Å². The van der Waals surface area contributed by atoms with E-state index in [1.165, 1.54) is 12.8 Å². The molecule has 1 aromatic rings. The molecule has 1 atom stereocenters. The molecule has 0 amide bonds. The van der Waals surface area contributed by atoms with Crippen LogP contribution in [0.5, 0.6) is 0 Å². The lowest BCUT2D eigenvalue weighted by Gasteiger charge is -2.32. The largest absolute Gasteiger partial charge is 0.380 e. The summed E-state index contributed by atoms with van der Waals surface area (Å²) in [7, 11) is 1.76. The summed E-state index contributed by atoms with van der Waals surface area (Å²) in [5, 5.41) is 0. The number of methoxy groups -OCH3 is 1. The maximum absolute atomic E-state index is 5.85. The Balaban J connectivity index is 1.81. The number of aromatic nitrogens is 3. The van der Waals surface area contributed by atoms with Crippen LogP contribution in [-0.2, 0) is 4.74 Å². The molecular weight excluding hydrogens is 256 g/mol. The third-order valence-corrected chi connectivity index (χ3v) is 4.01. The Kier molecular flexibility index (Phi) is 3.86. The summed E-state index contributed by atoms with van der Waals surface area (Å²) in [6.07, 6.45) is 4.81. The smallest absolute Gasteiger partial charge is 0.232 e. The SMILES string of the molecule is COC1CCCN(c2nc(N)nc(N3CCCC3)n2)C1. The Morgan fingerprint density at radius 3 is 2.35 bits per heavy atom. The second-order valence-corrected chi connectivity index (χ2v) is 5.43. The number of hydrogen-bond acceptors (Lipinski definition) is 7. The minimum Gasteiger partial charge on any atom is -0.380 e. The van der Waals surface area contributed by atoms with Gasteiger partial charge < -0.3 is 20.3 Å². The Morgan fingerprint density at radius 2 is 1.65 bits per heavy atom. The molecule has 20 heavy (non-hydrogen) atoms. The molecule has 0 aliphatic carbocycles. The van der Waals surface area contributed by atoms with Crippen molar-refractivity contribution in [2.45, 2.75) is 31.8 Å². The van der Waals surface area contributed by atoms with E-state index < -0.39 is 0 Å². The molecule has 0 aromatic carbocycles. The summed E-state index contributed by atoms with van der Waals surface area (Å²) >= 11 is 0. The van der Waals surface area contributed by atoms with E-state index in [-0.39, 0.29) is 6.10 Å². The lowest BCUT2D eigenvalue weighted by atomic mass is 10.1. The van der Waals surface area contributed by atoms with Crippen molar-refractivity contribution >= 4 is 17.8 Å². The van der Waals surface area contributed by atoms with E-state index in [1.807, 2.05) is 0 Å². The molecule has 1 unspecified atom stereocenters. The Morgan fingerprint density at radius 1 is 1.00 bits per heavy atom. The van der Waals surface area contributed by atoms with Crippen LogP contribution >= 0.6 is 0 Å². The zero-order chi connectivity index (χ0) is 13.9. The third-order valence-electron chi connectivity index (χ3n) is 4.01. The first-order valence-electron chi connectivity index (χ1n) is 7.30. The van der Waals surface area contributed by atoms with Gasteiger partial charge in [0.15, 0.2) is 0 Å². The van der Waals surface area contributed by atoms with Crippen molar-refractivity contribution in [3.05, 3.63) is 0 Å².